The number of guanidine groups is 1. The maximum atomic E-state index is 11.8. The van der Waals surface area contributed by atoms with Gasteiger partial charge in [0, 0.05) is 6.92 Å². The summed E-state index contributed by atoms with van der Waals surface area (Å²) in [6.45, 7) is 3.91. The van der Waals surface area contributed by atoms with Crippen molar-refractivity contribution in [3.8, 4) is 0 Å². The van der Waals surface area contributed by atoms with Crippen LogP contribution in [-0.4, -0.2) is 48.8 Å². The lowest BCUT2D eigenvalue weighted by Gasteiger charge is -2.22. The van der Waals surface area contributed by atoms with Gasteiger partial charge in [-0.1, -0.05) is 50.1 Å². The van der Waals surface area contributed by atoms with Crippen molar-refractivity contribution in [3.05, 3.63) is 35.9 Å². The standard InChI is InChI=1S/C21H31N3O6/c1-3-4-8-13-24(30-17(2)25)20(22)23-21(27)29-15-10-9-14-28-19(26)16-18-11-6-5-7-12-18/h5-7,11-12H,3-4,8-10,13-16H2,1-2H3,(H2,22,23,27). The Labute approximate surface area is 177 Å². The van der Waals surface area contributed by atoms with Gasteiger partial charge in [0.2, 0.25) is 5.96 Å². The fourth-order valence-electron chi connectivity index (χ4n) is 2.43. The van der Waals surface area contributed by atoms with Gasteiger partial charge in [0.05, 0.1) is 26.2 Å². The zero-order valence-corrected chi connectivity index (χ0v) is 17.6. The number of nitrogens with zero attached hydrogens (tertiary/aromatic N) is 1. The Bertz CT molecular complexity index is 681. The summed E-state index contributed by atoms with van der Waals surface area (Å²) >= 11 is 0. The van der Waals surface area contributed by atoms with Crippen LogP contribution in [0.5, 0.6) is 0 Å². The van der Waals surface area contributed by atoms with E-state index in [4.69, 9.17) is 19.7 Å². The molecule has 1 amide bonds. The van der Waals surface area contributed by atoms with Gasteiger partial charge in [-0.25, -0.2) is 4.79 Å². The number of hydroxylamine groups is 2. The number of rotatable bonds is 11. The van der Waals surface area contributed by atoms with E-state index in [1.165, 1.54) is 6.92 Å². The van der Waals surface area contributed by atoms with Gasteiger partial charge < -0.3 is 14.3 Å². The Hall–Kier alpha value is -3.10. The summed E-state index contributed by atoms with van der Waals surface area (Å²) in [5, 5.41) is 11.1. The molecule has 0 aliphatic carbocycles. The van der Waals surface area contributed by atoms with Gasteiger partial charge in [-0.15, -0.1) is 0 Å². The minimum atomic E-state index is -0.811. The third-order valence-electron chi connectivity index (χ3n) is 3.90. The number of nitrogens with one attached hydrogen (secondary N) is 2. The Kier molecular flexibility index (Phi) is 12.3. The lowest BCUT2D eigenvalue weighted by atomic mass is 10.2. The van der Waals surface area contributed by atoms with E-state index in [9.17, 15) is 14.4 Å². The van der Waals surface area contributed by atoms with E-state index < -0.39 is 12.1 Å². The first-order chi connectivity index (χ1) is 14.4. The van der Waals surface area contributed by atoms with Crippen molar-refractivity contribution in [1.82, 2.24) is 10.4 Å². The number of carbonyl (C=O) groups excluding carboxylic acids is 3. The zero-order chi connectivity index (χ0) is 22.2. The SMILES string of the molecule is CCCCCN(OC(C)=O)C(=N)NC(=O)OCCCCOC(=O)Cc1ccccc1. The number of carbonyl (C=O) groups is 3. The van der Waals surface area contributed by atoms with E-state index in [0.29, 0.717) is 25.8 Å². The molecule has 0 aliphatic heterocycles. The first-order valence-corrected chi connectivity index (χ1v) is 10.1. The molecule has 0 heterocycles. The van der Waals surface area contributed by atoms with Crippen LogP contribution >= 0.6 is 0 Å². The van der Waals surface area contributed by atoms with Crippen molar-refractivity contribution in [2.45, 2.75) is 52.4 Å². The molecule has 0 radical (unpaired) electrons. The molecule has 9 nitrogen and oxygen atoms in total. The molecule has 0 aliphatic rings. The largest absolute Gasteiger partial charge is 0.465 e. The average molecular weight is 421 g/mol. The molecule has 0 unspecified atom stereocenters. The summed E-state index contributed by atoms with van der Waals surface area (Å²) in [5.74, 6) is -1.24. The molecule has 0 aromatic heterocycles. The number of unbranched alkanes of at least 4 members (excludes halogenated alkanes) is 3. The van der Waals surface area contributed by atoms with E-state index in [1.807, 2.05) is 37.3 Å². The van der Waals surface area contributed by atoms with Crippen LogP contribution in [0.3, 0.4) is 0 Å². The second kappa shape index (κ2) is 14.8. The molecular formula is C21H31N3O6. The molecule has 30 heavy (non-hydrogen) atoms. The Morgan fingerprint density at radius 2 is 1.67 bits per heavy atom. The van der Waals surface area contributed by atoms with Gasteiger partial charge in [-0.05, 0) is 24.8 Å². The number of alkyl carbamates (subject to hydrolysis) is 1. The second-order valence-electron chi connectivity index (χ2n) is 6.59. The van der Waals surface area contributed by atoms with Crippen molar-refractivity contribution in [2.24, 2.45) is 0 Å². The third kappa shape index (κ3) is 11.7. The average Bonchev–Trinajstić information content (AvgIpc) is 2.70. The van der Waals surface area contributed by atoms with Gasteiger partial charge in [0.15, 0.2) is 0 Å². The number of benzene rings is 1. The molecule has 166 valence electrons. The lowest BCUT2D eigenvalue weighted by Crippen LogP contribution is -2.44. The highest BCUT2D eigenvalue weighted by molar-refractivity contribution is 5.92. The molecule has 1 rings (SSSR count). The maximum Gasteiger partial charge on any atom is 0.414 e. The van der Waals surface area contributed by atoms with E-state index in [-0.39, 0.29) is 31.6 Å². The van der Waals surface area contributed by atoms with Gasteiger partial charge >= 0.3 is 18.0 Å². The second-order valence-corrected chi connectivity index (χ2v) is 6.59. The highest BCUT2D eigenvalue weighted by Crippen LogP contribution is 2.02. The molecule has 0 atom stereocenters. The van der Waals surface area contributed by atoms with Gasteiger partial charge in [0.1, 0.15) is 0 Å². The highest BCUT2D eigenvalue weighted by Gasteiger charge is 2.16. The molecule has 9 heteroatoms. The molecule has 2 N–H and O–H groups in total. The van der Waals surface area contributed by atoms with Crippen LogP contribution in [0.25, 0.3) is 0 Å². The van der Waals surface area contributed by atoms with Crippen LogP contribution in [0.4, 0.5) is 4.79 Å². The molecule has 0 fully saturated rings. The summed E-state index contributed by atoms with van der Waals surface area (Å²) in [5.41, 5.74) is 0.891. The molecule has 1 aromatic carbocycles. The normalized spacial score (nSPS) is 10.1. The van der Waals surface area contributed by atoms with Crippen LogP contribution in [0, 0.1) is 5.41 Å². The highest BCUT2D eigenvalue weighted by atomic mass is 16.7. The number of amides is 1. The molecule has 0 spiro atoms. The number of esters is 1. The van der Waals surface area contributed by atoms with Crippen LogP contribution < -0.4 is 5.32 Å². The van der Waals surface area contributed by atoms with Crippen molar-refractivity contribution >= 4 is 24.0 Å². The van der Waals surface area contributed by atoms with Crippen LogP contribution in [0.15, 0.2) is 30.3 Å². The Balaban J connectivity index is 2.18. The van der Waals surface area contributed by atoms with Crippen molar-refractivity contribution in [1.29, 1.82) is 5.41 Å². The molecule has 0 saturated carbocycles. The van der Waals surface area contributed by atoms with E-state index >= 15 is 0 Å². The van der Waals surface area contributed by atoms with E-state index in [1.54, 1.807) is 0 Å². The van der Waals surface area contributed by atoms with Gasteiger partial charge in [-0.2, -0.15) is 5.06 Å². The first kappa shape index (κ1) is 24.9. The number of hydrogen-bond acceptors (Lipinski definition) is 7. The predicted octanol–water partition coefficient (Wildman–Crippen LogP) is 3.18. The summed E-state index contributed by atoms with van der Waals surface area (Å²) in [6, 6.07) is 9.32. The quantitative estimate of drug-likeness (QED) is 0.185. The molecule has 0 saturated heterocycles. The fourth-order valence-corrected chi connectivity index (χ4v) is 2.43. The predicted molar refractivity (Wildman–Crippen MR) is 111 cm³/mol. The smallest absolute Gasteiger partial charge is 0.414 e. The third-order valence-corrected chi connectivity index (χ3v) is 3.90. The van der Waals surface area contributed by atoms with Gasteiger partial charge in [0.25, 0.3) is 0 Å². The van der Waals surface area contributed by atoms with Crippen molar-refractivity contribution in [2.75, 3.05) is 19.8 Å². The minimum Gasteiger partial charge on any atom is -0.465 e. The van der Waals surface area contributed by atoms with Crippen LogP contribution in [0.1, 0.15) is 51.5 Å². The Morgan fingerprint density at radius 3 is 2.30 bits per heavy atom. The Morgan fingerprint density at radius 1 is 1.00 bits per heavy atom. The van der Waals surface area contributed by atoms with Crippen molar-refractivity contribution in [3.63, 3.8) is 0 Å². The maximum absolute atomic E-state index is 11.8. The number of ether oxygens (including phenoxy) is 2. The monoisotopic (exact) mass is 421 g/mol. The minimum absolute atomic E-state index is 0.110. The zero-order valence-electron chi connectivity index (χ0n) is 17.6. The van der Waals surface area contributed by atoms with Crippen LogP contribution in [-0.2, 0) is 30.3 Å². The molecular weight excluding hydrogens is 390 g/mol. The molecule has 0 bridgehead atoms. The fraction of sp³-hybridized carbons (Fsp3) is 0.524. The summed E-state index contributed by atoms with van der Waals surface area (Å²) in [7, 11) is 0. The lowest BCUT2D eigenvalue weighted by molar-refractivity contribution is -0.170. The topological polar surface area (TPSA) is 118 Å². The van der Waals surface area contributed by atoms with Crippen LogP contribution in [0.2, 0.25) is 0 Å². The summed E-state index contributed by atoms with van der Waals surface area (Å²) < 4.78 is 10.1. The van der Waals surface area contributed by atoms with E-state index in [2.05, 4.69) is 5.32 Å². The number of hydrogen-bond donors (Lipinski definition) is 2. The van der Waals surface area contributed by atoms with E-state index in [0.717, 1.165) is 23.5 Å². The van der Waals surface area contributed by atoms with Crippen molar-refractivity contribution < 1.29 is 28.7 Å². The summed E-state index contributed by atoms with van der Waals surface area (Å²) in [6.07, 6.45) is 3.05. The van der Waals surface area contributed by atoms with Gasteiger partial charge in [-0.3, -0.25) is 20.3 Å². The molecule has 1 aromatic rings. The first-order valence-electron chi connectivity index (χ1n) is 10.1. The summed E-state index contributed by atoms with van der Waals surface area (Å²) in [4.78, 5) is 39.6.